The van der Waals surface area contributed by atoms with Gasteiger partial charge in [-0.1, -0.05) is 54.6 Å². The SMILES string of the molecule is COc1ccccc1CN1CC(CC2CNc3ccccc32)N=C1CN1CCN(c2ccccc2)CC1. The van der Waals surface area contributed by atoms with E-state index in [1.807, 2.05) is 6.07 Å². The average molecular weight is 496 g/mol. The molecule has 192 valence electrons. The van der Waals surface area contributed by atoms with E-state index < -0.39 is 0 Å². The molecule has 2 atom stereocenters. The molecule has 6 heteroatoms. The third-order valence-electron chi connectivity index (χ3n) is 8.04. The van der Waals surface area contributed by atoms with E-state index in [1.54, 1.807) is 7.11 Å². The van der Waals surface area contributed by atoms with Crippen molar-refractivity contribution in [3.05, 3.63) is 90.0 Å². The molecule has 3 aromatic carbocycles. The Morgan fingerprint density at radius 1 is 0.865 bits per heavy atom. The van der Waals surface area contributed by atoms with Crippen LogP contribution in [0.5, 0.6) is 5.75 Å². The van der Waals surface area contributed by atoms with Gasteiger partial charge in [0, 0.05) is 68.7 Å². The number of amidine groups is 1. The molecule has 3 heterocycles. The summed E-state index contributed by atoms with van der Waals surface area (Å²) in [6.45, 7) is 7.94. The number of fused-ring (bicyclic) bond motifs is 1. The third kappa shape index (κ3) is 5.30. The molecule has 3 aliphatic heterocycles. The van der Waals surface area contributed by atoms with E-state index in [-0.39, 0.29) is 0 Å². The summed E-state index contributed by atoms with van der Waals surface area (Å²) in [5, 5.41) is 3.59. The van der Waals surface area contributed by atoms with E-state index in [1.165, 1.54) is 28.3 Å². The van der Waals surface area contributed by atoms with Crippen LogP contribution in [0.2, 0.25) is 0 Å². The third-order valence-corrected chi connectivity index (χ3v) is 8.04. The van der Waals surface area contributed by atoms with Gasteiger partial charge in [-0.25, -0.2) is 0 Å². The van der Waals surface area contributed by atoms with E-state index in [4.69, 9.17) is 9.73 Å². The monoisotopic (exact) mass is 495 g/mol. The highest BCUT2D eigenvalue weighted by atomic mass is 16.5. The van der Waals surface area contributed by atoms with Gasteiger partial charge in [0.1, 0.15) is 11.6 Å². The van der Waals surface area contributed by atoms with Gasteiger partial charge < -0.3 is 19.9 Å². The standard InChI is InChI=1S/C31H37N5O/c1-37-30-14-8-5-9-24(30)21-36-22-26(19-25-20-32-29-13-7-6-12-28(25)29)33-31(36)23-34-15-17-35(18-16-34)27-10-3-2-4-11-27/h2-14,25-26,32H,15-23H2,1H3. The van der Waals surface area contributed by atoms with Gasteiger partial charge in [-0.2, -0.15) is 0 Å². The van der Waals surface area contributed by atoms with Crippen molar-refractivity contribution < 1.29 is 4.74 Å². The molecule has 6 nitrogen and oxygen atoms in total. The van der Waals surface area contributed by atoms with E-state index in [0.29, 0.717) is 12.0 Å². The van der Waals surface area contributed by atoms with Crippen molar-refractivity contribution in [2.45, 2.75) is 24.9 Å². The van der Waals surface area contributed by atoms with Crippen LogP contribution < -0.4 is 15.0 Å². The van der Waals surface area contributed by atoms with Gasteiger partial charge in [0.05, 0.1) is 19.7 Å². The molecule has 0 saturated carbocycles. The van der Waals surface area contributed by atoms with E-state index >= 15 is 0 Å². The van der Waals surface area contributed by atoms with Gasteiger partial charge in [0.2, 0.25) is 0 Å². The van der Waals surface area contributed by atoms with E-state index in [2.05, 4.69) is 92.8 Å². The number of nitrogens with zero attached hydrogens (tertiary/aromatic N) is 4. The van der Waals surface area contributed by atoms with Crippen molar-refractivity contribution >= 4 is 17.2 Å². The van der Waals surface area contributed by atoms with Crippen LogP contribution in [-0.2, 0) is 6.54 Å². The molecular weight excluding hydrogens is 458 g/mol. The highest BCUT2D eigenvalue weighted by Crippen LogP contribution is 2.36. The van der Waals surface area contributed by atoms with Crippen molar-refractivity contribution in [1.82, 2.24) is 9.80 Å². The maximum absolute atomic E-state index is 5.68. The zero-order valence-corrected chi connectivity index (χ0v) is 21.7. The minimum atomic E-state index is 0.313. The maximum atomic E-state index is 5.68. The van der Waals surface area contributed by atoms with Crippen LogP contribution in [0.4, 0.5) is 11.4 Å². The summed E-state index contributed by atoms with van der Waals surface area (Å²) < 4.78 is 5.68. The number of piperazine rings is 1. The number of para-hydroxylation sites is 3. The van der Waals surface area contributed by atoms with Gasteiger partial charge in [-0.3, -0.25) is 9.89 Å². The number of anilines is 2. The van der Waals surface area contributed by atoms with Gasteiger partial charge in [-0.15, -0.1) is 0 Å². The number of benzene rings is 3. The van der Waals surface area contributed by atoms with Crippen LogP contribution in [0.15, 0.2) is 83.9 Å². The van der Waals surface area contributed by atoms with E-state index in [9.17, 15) is 0 Å². The molecule has 1 saturated heterocycles. The number of rotatable bonds is 8. The number of nitrogens with one attached hydrogen (secondary N) is 1. The molecule has 0 aromatic heterocycles. The molecule has 2 unspecified atom stereocenters. The summed E-state index contributed by atoms with van der Waals surface area (Å²) in [6, 6.07) is 28.2. The highest BCUT2D eigenvalue weighted by Gasteiger charge is 2.32. The molecule has 37 heavy (non-hydrogen) atoms. The number of ether oxygens (including phenoxy) is 1. The summed E-state index contributed by atoms with van der Waals surface area (Å²) in [5.41, 5.74) is 5.28. The summed E-state index contributed by atoms with van der Waals surface area (Å²) in [6.07, 6.45) is 1.08. The van der Waals surface area contributed by atoms with E-state index in [0.717, 1.165) is 64.5 Å². The van der Waals surface area contributed by atoms with Gasteiger partial charge >= 0.3 is 0 Å². The Labute approximate surface area is 220 Å². The minimum absolute atomic E-state index is 0.313. The van der Waals surface area contributed by atoms with Gasteiger partial charge in [-0.05, 0) is 36.2 Å². The van der Waals surface area contributed by atoms with Crippen LogP contribution in [0.1, 0.15) is 23.5 Å². The predicted molar refractivity (Wildman–Crippen MR) is 152 cm³/mol. The number of aliphatic imine (C=N–C) groups is 1. The van der Waals surface area contributed by atoms with Crippen molar-refractivity contribution in [2.24, 2.45) is 4.99 Å². The Hall–Kier alpha value is -3.51. The smallest absolute Gasteiger partial charge is 0.123 e. The molecule has 1 N–H and O–H groups in total. The molecule has 0 bridgehead atoms. The van der Waals surface area contributed by atoms with Crippen LogP contribution in [-0.4, -0.2) is 74.6 Å². The fourth-order valence-corrected chi connectivity index (χ4v) is 6.05. The van der Waals surface area contributed by atoms with Crippen LogP contribution >= 0.6 is 0 Å². The zero-order chi connectivity index (χ0) is 25.0. The summed E-state index contributed by atoms with van der Waals surface area (Å²) in [5.74, 6) is 2.70. The molecule has 6 rings (SSSR count). The fraction of sp³-hybridized carbons (Fsp3) is 0.387. The lowest BCUT2D eigenvalue weighted by Crippen LogP contribution is -2.49. The van der Waals surface area contributed by atoms with Crippen LogP contribution in [0.25, 0.3) is 0 Å². The molecule has 0 amide bonds. The lowest BCUT2D eigenvalue weighted by atomic mass is 9.94. The Kier molecular flexibility index (Phi) is 7.00. The first-order valence-corrected chi connectivity index (χ1v) is 13.6. The molecule has 1 fully saturated rings. The minimum Gasteiger partial charge on any atom is -0.496 e. The summed E-state index contributed by atoms with van der Waals surface area (Å²) >= 11 is 0. The Bertz CT molecular complexity index is 1220. The Balaban J connectivity index is 1.15. The van der Waals surface area contributed by atoms with Crippen LogP contribution in [0, 0.1) is 0 Å². The maximum Gasteiger partial charge on any atom is 0.123 e. The molecule has 0 spiro atoms. The first-order valence-electron chi connectivity index (χ1n) is 13.6. The molecule has 3 aliphatic rings. The van der Waals surface area contributed by atoms with Crippen molar-refractivity contribution in [3.63, 3.8) is 0 Å². The number of hydrogen-bond acceptors (Lipinski definition) is 6. The highest BCUT2D eigenvalue weighted by molar-refractivity contribution is 5.86. The zero-order valence-electron chi connectivity index (χ0n) is 21.7. The summed E-state index contributed by atoms with van der Waals surface area (Å²) in [4.78, 5) is 12.9. The normalized spacial score (nSPS) is 21.5. The predicted octanol–water partition coefficient (Wildman–Crippen LogP) is 4.70. The lowest BCUT2D eigenvalue weighted by molar-refractivity contribution is 0.279. The second-order valence-electron chi connectivity index (χ2n) is 10.4. The van der Waals surface area contributed by atoms with Crippen LogP contribution in [0.3, 0.4) is 0 Å². The molecule has 3 aromatic rings. The fourth-order valence-electron chi connectivity index (χ4n) is 6.05. The number of hydrogen-bond donors (Lipinski definition) is 1. The van der Waals surface area contributed by atoms with Gasteiger partial charge in [0.25, 0.3) is 0 Å². The second-order valence-corrected chi connectivity index (χ2v) is 10.4. The molecule has 0 radical (unpaired) electrons. The number of methoxy groups -OCH3 is 1. The average Bonchev–Trinajstić information content (AvgIpc) is 3.53. The first-order chi connectivity index (χ1) is 18.3. The first kappa shape index (κ1) is 23.9. The summed E-state index contributed by atoms with van der Waals surface area (Å²) in [7, 11) is 1.76. The Morgan fingerprint density at radius 2 is 1.62 bits per heavy atom. The van der Waals surface area contributed by atoms with Crippen molar-refractivity contribution in [2.75, 3.05) is 63.1 Å². The van der Waals surface area contributed by atoms with Gasteiger partial charge in [0.15, 0.2) is 0 Å². The lowest BCUT2D eigenvalue weighted by Gasteiger charge is -2.37. The Morgan fingerprint density at radius 3 is 2.46 bits per heavy atom. The largest absolute Gasteiger partial charge is 0.496 e. The van der Waals surface area contributed by atoms with Crippen molar-refractivity contribution in [3.8, 4) is 5.75 Å². The second kappa shape index (κ2) is 10.9. The quantitative estimate of drug-likeness (QED) is 0.491. The molecular formula is C31H37N5O. The topological polar surface area (TPSA) is 43.3 Å². The van der Waals surface area contributed by atoms with Crippen molar-refractivity contribution in [1.29, 1.82) is 0 Å². The molecule has 0 aliphatic carbocycles.